The molecule has 400 valence electrons. The zero-order valence-corrected chi connectivity index (χ0v) is 46.3. The van der Waals surface area contributed by atoms with Gasteiger partial charge in [-0.3, -0.25) is 0 Å². The van der Waals surface area contributed by atoms with Crippen molar-refractivity contribution < 1.29 is 20.4 Å². The molecule has 0 amide bonds. The second-order valence-corrected chi connectivity index (χ2v) is 21.8. The van der Waals surface area contributed by atoms with Gasteiger partial charge in [0.25, 0.3) is 0 Å². The maximum absolute atomic E-state index is 13.8. The first kappa shape index (κ1) is 53.6. The molecule has 0 aliphatic rings. The van der Waals surface area contributed by atoms with E-state index in [1.807, 2.05) is 91.0 Å². The van der Waals surface area contributed by atoms with Crippen LogP contribution in [-0.2, 0) is 0 Å². The van der Waals surface area contributed by atoms with Gasteiger partial charge < -0.3 is 20.4 Å². The van der Waals surface area contributed by atoms with Crippen LogP contribution in [0.1, 0.15) is 164 Å². The Kier molecular flexibility index (Phi) is 15.8. The number of hydrogen-bond donors (Lipinski definition) is 4. The second kappa shape index (κ2) is 23.9. The maximum Gasteiger partial charge on any atom is 0.123 e. The molecule has 0 radical (unpaired) electrons. The van der Waals surface area contributed by atoms with Gasteiger partial charge in [-0.2, -0.15) is 0 Å². The van der Waals surface area contributed by atoms with Gasteiger partial charge in [0.1, 0.15) is 23.0 Å². The Hall–Kier alpha value is -9.38. The highest BCUT2D eigenvalue weighted by Gasteiger charge is 2.34. The fourth-order valence-corrected chi connectivity index (χ4v) is 12.2. The Labute approximate surface area is 477 Å². The molecule has 4 nitrogen and oxygen atoms in total. The second-order valence-electron chi connectivity index (χ2n) is 21.8. The summed E-state index contributed by atoms with van der Waals surface area (Å²) in [5.74, 6) is -1.88. The highest BCUT2D eigenvalue weighted by atomic mass is 16.3. The number of rotatable bonds is 17. The SMILES string of the molecule is CC(c1ccccc1)c1ccc(O)c(C(c2ccccc2)c2cc(C(C)c3ccccc3)cc(C(c3ccccc3)c3cc(C(C)c4ccccc4)cc(C(c4ccccc4)c4cc(C(C)c5ccccc5)ccc4O)c3O)c2O)c1. The summed E-state index contributed by atoms with van der Waals surface area (Å²) in [7, 11) is 0. The monoisotopic (exact) mass is 1060 g/mol. The van der Waals surface area contributed by atoms with Crippen molar-refractivity contribution in [3.05, 3.63) is 368 Å². The molecule has 4 heteroatoms. The van der Waals surface area contributed by atoms with Crippen LogP contribution in [0.15, 0.2) is 273 Å². The summed E-state index contributed by atoms with van der Waals surface area (Å²) < 4.78 is 0. The molecular formula is C77H68O4. The minimum atomic E-state index is -0.738. The summed E-state index contributed by atoms with van der Waals surface area (Å²) in [6.45, 7) is 8.77. The predicted octanol–water partition coefficient (Wildman–Crippen LogP) is 18.7. The molecule has 0 heterocycles. The van der Waals surface area contributed by atoms with Gasteiger partial charge in [-0.05, 0) is 73.3 Å². The lowest BCUT2D eigenvalue weighted by atomic mass is 9.74. The van der Waals surface area contributed by atoms with Gasteiger partial charge in [-0.1, -0.05) is 289 Å². The number of phenolic OH excluding ortho intramolecular Hbond substituents is 4. The van der Waals surface area contributed by atoms with Crippen LogP contribution in [0, 0.1) is 0 Å². The van der Waals surface area contributed by atoms with Crippen molar-refractivity contribution >= 4 is 0 Å². The van der Waals surface area contributed by atoms with Crippen LogP contribution >= 0.6 is 0 Å². The van der Waals surface area contributed by atoms with E-state index in [4.69, 9.17) is 0 Å². The molecule has 0 bridgehead atoms. The molecule has 0 spiro atoms. The fraction of sp³-hybridized carbons (Fsp3) is 0.143. The van der Waals surface area contributed by atoms with E-state index in [0.29, 0.717) is 33.4 Å². The molecule has 6 unspecified atom stereocenters. The van der Waals surface area contributed by atoms with Crippen LogP contribution in [-0.4, -0.2) is 20.4 Å². The van der Waals surface area contributed by atoms with E-state index in [1.165, 1.54) is 0 Å². The van der Waals surface area contributed by atoms with Crippen LogP contribution in [0.4, 0.5) is 0 Å². The number of benzene rings is 11. The lowest BCUT2D eigenvalue weighted by Gasteiger charge is -2.30. The summed E-state index contributed by atoms with van der Waals surface area (Å²) in [4.78, 5) is 0. The van der Waals surface area contributed by atoms with E-state index in [9.17, 15) is 20.4 Å². The average Bonchev–Trinajstić information content (AvgIpc) is 3.72. The largest absolute Gasteiger partial charge is 0.508 e. The third-order valence-electron chi connectivity index (χ3n) is 16.9. The van der Waals surface area contributed by atoms with Crippen LogP contribution < -0.4 is 0 Å². The first-order chi connectivity index (χ1) is 39.5. The highest BCUT2D eigenvalue weighted by molar-refractivity contribution is 5.66. The van der Waals surface area contributed by atoms with Crippen LogP contribution in [0.25, 0.3) is 0 Å². The lowest BCUT2D eigenvalue weighted by molar-refractivity contribution is 0.446. The Balaban J connectivity index is 1.20. The van der Waals surface area contributed by atoms with E-state index < -0.39 is 17.8 Å². The number of phenols is 4. The zero-order valence-electron chi connectivity index (χ0n) is 46.3. The van der Waals surface area contributed by atoms with Crippen LogP contribution in [0.2, 0.25) is 0 Å². The fourth-order valence-electron chi connectivity index (χ4n) is 12.2. The summed E-state index contributed by atoms with van der Waals surface area (Å²) in [5, 5.41) is 52.1. The standard InChI is InChI=1S/C77H68O4/c1-50(54-26-12-5-13-27-54)61-40-42-71(78)65(44-61)73(58-34-20-9-21-35-58)67-46-63(52(3)56-30-16-7-17-31-56)48-69(76(67)80)75(60-38-24-11-25-39-60)70-49-64(53(4)57-32-18-8-19-33-57)47-68(77(70)81)74(59-36-22-10-23-37-59)66-45-62(41-43-72(66)79)51(2)55-28-14-6-15-29-55/h5-53,73-75,78-81H,1-4H3. The quantitative estimate of drug-likeness (QED) is 0.0685. The molecule has 0 aromatic heterocycles. The van der Waals surface area contributed by atoms with Gasteiger partial charge in [0.05, 0.1) is 0 Å². The Morgan fingerprint density at radius 2 is 0.395 bits per heavy atom. The highest BCUT2D eigenvalue weighted by Crippen LogP contribution is 2.52. The minimum Gasteiger partial charge on any atom is -0.508 e. The molecule has 0 saturated carbocycles. The third kappa shape index (κ3) is 11.2. The van der Waals surface area contributed by atoms with Crippen LogP contribution in [0.5, 0.6) is 23.0 Å². The lowest BCUT2D eigenvalue weighted by Crippen LogP contribution is -2.14. The molecule has 0 aliphatic carbocycles. The van der Waals surface area contributed by atoms with E-state index in [1.54, 1.807) is 12.1 Å². The first-order valence-corrected chi connectivity index (χ1v) is 28.3. The molecular weight excluding hydrogens is 989 g/mol. The van der Waals surface area contributed by atoms with Gasteiger partial charge in [-0.15, -0.1) is 0 Å². The van der Waals surface area contributed by atoms with Gasteiger partial charge >= 0.3 is 0 Å². The molecule has 11 aromatic carbocycles. The van der Waals surface area contributed by atoms with E-state index in [2.05, 4.69) is 198 Å². The predicted molar refractivity (Wildman–Crippen MR) is 330 cm³/mol. The van der Waals surface area contributed by atoms with Gasteiger partial charge in [0.2, 0.25) is 0 Å². The van der Waals surface area contributed by atoms with Crippen molar-refractivity contribution in [3.8, 4) is 23.0 Å². The van der Waals surface area contributed by atoms with E-state index >= 15 is 0 Å². The Bertz CT molecular complexity index is 3630. The normalized spacial score (nSPS) is 14.0. The summed E-state index contributed by atoms with van der Waals surface area (Å²) >= 11 is 0. The summed E-state index contributed by atoms with van der Waals surface area (Å²) in [5.41, 5.74) is 15.0. The topological polar surface area (TPSA) is 80.9 Å². The van der Waals surface area contributed by atoms with Crippen molar-refractivity contribution in [3.63, 3.8) is 0 Å². The molecule has 11 rings (SSSR count). The third-order valence-corrected chi connectivity index (χ3v) is 16.9. The van der Waals surface area contributed by atoms with Gasteiger partial charge in [0.15, 0.2) is 0 Å². The zero-order chi connectivity index (χ0) is 56.0. The summed E-state index contributed by atoms with van der Waals surface area (Å²) in [6.07, 6.45) is 0. The molecule has 11 aromatic rings. The van der Waals surface area contributed by atoms with Crippen molar-refractivity contribution in [2.24, 2.45) is 0 Å². The van der Waals surface area contributed by atoms with E-state index in [0.717, 1.165) is 61.2 Å². The summed E-state index contributed by atoms with van der Waals surface area (Å²) in [6, 6.07) is 92.4. The Morgan fingerprint density at radius 1 is 0.198 bits per heavy atom. The van der Waals surface area contributed by atoms with E-state index in [-0.39, 0.29) is 46.7 Å². The minimum absolute atomic E-state index is 0.0112. The van der Waals surface area contributed by atoms with Gasteiger partial charge in [-0.25, -0.2) is 0 Å². The number of hydrogen-bond acceptors (Lipinski definition) is 4. The maximum atomic E-state index is 13.8. The van der Waals surface area contributed by atoms with Crippen molar-refractivity contribution in [1.29, 1.82) is 0 Å². The van der Waals surface area contributed by atoms with Crippen molar-refractivity contribution in [2.75, 3.05) is 0 Å². The average molecular weight is 1060 g/mol. The number of aromatic hydroxyl groups is 4. The molecule has 0 aliphatic heterocycles. The molecule has 4 N–H and O–H groups in total. The smallest absolute Gasteiger partial charge is 0.123 e. The molecule has 0 saturated heterocycles. The van der Waals surface area contributed by atoms with Crippen molar-refractivity contribution in [2.45, 2.75) is 69.1 Å². The van der Waals surface area contributed by atoms with Crippen molar-refractivity contribution in [1.82, 2.24) is 0 Å². The van der Waals surface area contributed by atoms with Gasteiger partial charge in [0, 0.05) is 74.8 Å². The van der Waals surface area contributed by atoms with Crippen LogP contribution in [0.3, 0.4) is 0 Å². The Morgan fingerprint density at radius 3 is 0.642 bits per heavy atom. The first-order valence-electron chi connectivity index (χ1n) is 28.3. The molecule has 6 atom stereocenters. The molecule has 81 heavy (non-hydrogen) atoms. The molecule has 0 fully saturated rings.